The first-order valence-corrected chi connectivity index (χ1v) is 31.4. The van der Waals surface area contributed by atoms with E-state index in [9.17, 15) is 14.4 Å². The molecule has 1 unspecified atom stereocenters. The van der Waals surface area contributed by atoms with Gasteiger partial charge in [0.1, 0.15) is 13.2 Å². The number of allylic oxidation sites excluding steroid dienone is 18. The summed E-state index contributed by atoms with van der Waals surface area (Å²) in [5, 5.41) is 0. The van der Waals surface area contributed by atoms with Gasteiger partial charge in [-0.1, -0.05) is 252 Å². The molecule has 0 bridgehead atoms. The molecule has 0 amide bonds. The Morgan fingerprint density at radius 1 is 0.280 bits per heavy atom. The van der Waals surface area contributed by atoms with Gasteiger partial charge < -0.3 is 14.2 Å². The minimum absolute atomic E-state index is 0.101. The molecular weight excluding hydrogens is 925 g/mol. The van der Waals surface area contributed by atoms with E-state index in [-0.39, 0.29) is 31.1 Å². The van der Waals surface area contributed by atoms with Crippen LogP contribution in [0.1, 0.15) is 290 Å². The fraction of sp³-hybridized carbons (Fsp3) is 0.696. The van der Waals surface area contributed by atoms with Gasteiger partial charge in [0.2, 0.25) is 0 Å². The minimum atomic E-state index is -0.806. The maximum absolute atomic E-state index is 12.9. The lowest BCUT2D eigenvalue weighted by Crippen LogP contribution is -2.30. The van der Waals surface area contributed by atoms with Crippen molar-refractivity contribution >= 4 is 17.9 Å². The Bertz CT molecular complexity index is 1520. The topological polar surface area (TPSA) is 78.9 Å². The Labute approximate surface area is 463 Å². The van der Waals surface area contributed by atoms with Gasteiger partial charge in [-0.3, -0.25) is 14.4 Å². The average Bonchev–Trinajstić information content (AvgIpc) is 3.41. The second kappa shape index (κ2) is 62.6. The van der Waals surface area contributed by atoms with Crippen LogP contribution >= 0.6 is 0 Å². The van der Waals surface area contributed by atoms with Gasteiger partial charge in [-0.25, -0.2) is 0 Å². The third-order valence-corrected chi connectivity index (χ3v) is 13.2. The molecule has 0 aliphatic heterocycles. The van der Waals surface area contributed by atoms with Gasteiger partial charge in [0.05, 0.1) is 0 Å². The molecule has 0 aromatic heterocycles. The highest BCUT2D eigenvalue weighted by atomic mass is 16.6. The lowest BCUT2D eigenvalue weighted by molar-refractivity contribution is -0.167. The van der Waals surface area contributed by atoms with E-state index in [1.54, 1.807) is 0 Å². The number of rotatable bonds is 56. The highest BCUT2D eigenvalue weighted by Gasteiger charge is 2.19. The molecule has 0 saturated carbocycles. The molecule has 0 saturated heterocycles. The van der Waals surface area contributed by atoms with Gasteiger partial charge in [0.15, 0.2) is 6.10 Å². The molecule has 0 aromatic rings. The zero-order valence-electron chi connectivity index (χ0n) is 49.0. The first kappa shape index (κ1) is 71.1. The summed E-state index contributed by atoms with van der Waals surface area (Å²) in [7, 11) is 0. The van der Waals surface area contributed by atoms with E-state index in [1.165, 1.54) is 128 Å². The van der Waals surface area contributed by atoms with Crippen LogP contribution in [0, 0.1) is 0 Å². The Morgan fingerprint density at radius 2 is 0.520 bits per heavy atom. The standard InChI is InChI=1S/C69H116O6/c1-4-7-10-13-16-19-22-25-28-30-32-34-36-38-41-44-47-50-53-56-59-62-68(71)74-65-66(64-73-67(70)61-58-55-52-49-46-43-40-27-24-21-18-15-12-9-6-3)75-69(72)63-60-57-54-51-48-45-42-39-37-35-33-31-29-26-23-20-17-14-11-8-5-2/h7,10,16,18-19,21,25,27-28,31-34,38,40-41,47,50,66H,4-6,8-9,11-15,17,20,22-24,26,29-30,35-37,39,42-46,48-49,51-65H2,1-3H3/b10-7-,19-16-,21-18-,28-25-,33-31-,34-32-,40-27-,41-38-,50-47-. The molecule has 0 fully saturated rings. The lowest BCUT2D eigenvalue weighted by atomic mass is 10.1. The first-order valence-electron chi connectivity index (χ1n) is 31.4. The Morgan fingerprint density at radius 3 is 0.880 bits per heavy atom. The molecular formula is C69H116O6. The number of carbonyl (C=O) groups excluding carboxylic acids is 3. The second-order valence-electron chi connectivity index (χ2n) is 20.6. The zero-order chi connectivity index (χ0) is 54.3. The van der Waals surface area contributed by atoms with Crippen LogP contribution in [0.25, 0.3) is 0 Å². The van der Waals surface area contributed by atoms with Crippen LogP contribution in [-0.4, -0.2) is 37.2 Å². The summed E-state index contributed by atoms with van der Waals surface area (Å²) < 4.78 is 16.9. The van der Waals surface area contributed by atoms with Gasteiger partial charge >= 0.3 is 17.9 Å². The zero-order valence-corrected chi connectivity index (χ0v) is 49.0. The Hall–Kier alpha value is -3.93. The number of hydrogen-bond donors (Lipinski definition) is 0. The van der Waals surface area contributed by atoms with Crippen molar-refractivity contribution in [2.75, 3.05) is 13.2 Å². The smallest absolute Gasteiger partial charge is 0.306 e. The molecule has 6 nitrogen and oxygen atoms in total. The molecule has 0 heterocycles. The SMILES string of the molecule is CC/C=C\C/C=C\C/C=C\C/C=C\C/C=C\C/C=C\CCCCC(=O)OCC(COC(=O)CCCCCCC/C=C\C/C=C\CCCCC)OC(=O)CCCCCCCCCCC/C=C\CCCCCCCCCC. The number of hydrogen-bond acceptors (Lipinski definition) is 6. The molecule has 0 spiro atoms. The number of carbonyl (C=O) groups is 3. The van der Waals surface area contributed by atoms with E-state index in [1.807, 2.05) is 0 Å². The average molecular weight is 1040 g/mol. The summed E-state index contributed by atoms with van der Waals surface area (Å²) in [4.78, 5) is 38.3. The van der Waals surface area contributed by atoms with Gasteiger partial charge in [-0.2, -0.15) is 0 Å². The van der Waals surface area contributed by atoms with Crippen molar-refractivity contribution in [1.82, 2.24) is 0 Å². The third kappa shape index (κ3) is 60.8. The fourth-order valence-corrected chi connectivity index (χ4v) is 8.53. The Balaban J connectivity index is 4.47. The normalized spacial score (nSPS) is 12.8. The van der Waals surface area contributed by atoms with E-state index in [0.29, 0.717) is 19.3 Å². The van der Waals surface area contributed by atoms with Gasteiger partial charge in [-0.15, -0.1) is 0 Å². The van der Waals surface area contributed by atoms with Crippen molar-refractivity contribution < 1.29 is 28.6 Å². The quantitative estimate of drug-likeness (QED) is 0.0261. The van der Waals surface area contributed by atoms with Crippen molar-refractivity contribution in [2.24, 2.45) is 0 Å². The van der Waals surface area contributed by atoms with Crippen LogP contribution in [-0.2, 0) is 28.6 Å². The number of unbranched alkanes of at least 4 members (excludes halogenated alkanes) is 27. The van der Waals surface area contributed by atoms with E-state index < -0.39 is 6.10 Å². The molecule has 0 rings (SSSR count). The van der Waals surface area contributed by atoms with Crippen LogP contribution in [0.15, 0.2) is 109 Å². The van der Waals surface area contributed by atoms with Crippen molar-refractivity contribution in [2.45, 2.75) is 297 Å². The largest absolute Gasteiger partial charge is 0.462 e. The maximum atomic E-state index is 12.9. The molecule has 0 aliphatic carbocycles. The second-order valence-corrected chi connectivity index (χ2v) is 20.6. The van der Waals surface area contributed by atoms with Crippen LogP contribution in [0.3, 0.4) is 0 Å². The highest BCUT2D eigenvalue weighted by Crippen LogP contribution is 2.15. The van der Waals surface area contributed by atoms with Gasteiger partial charge in [0.25, 0.3) is 0 Å². The Kier molecular flexibility index (Phi) is 59.3. The first-order chi connectivity index (χ1) is 37.0. The number of esters is 3. The van der Waals surface area contributed by atoms with Crippen molar-refractivity contribution in [3.63, 3.8) is 0 Å². The molecule has 75 heavy (non-hydrogen) atoms. The van der Waals surface area contributed by atoms with Crippen molar-refractivity contribution in [3.8, 4) is 0 Å². The third-order valence-electron chi connectivity index (χ3n) is 13.2. The van der Waals surface area contributed by atoms with E-state index in [2.05, 4.69) is 130 Å². The number of ether oxygens (including phenoxy) is 3. The lowest BCUT2D eigenvalue weighted by Gasteiger charge is -2.18. The minimum Gasteiger partial charge on any atom is -0.462 e. The summed E-state index contributed by atoms with van der Waals surface area (Å²) >= 11 is 0. The predicted molar refractivity (Wildman–Crippen MR) is 325 cm³/mol. The van der Waals surface area contributed by atoms with E-state index in [0.717, 1.165) is 122 Å². The molecule has 428 valence electrons. The summed E-state index contributed by atoms with van der Waals surface area (Å²) in [5.74, 6) is -0.955. The monoisotopic (exact) mass is 1040 g/mol. The van der Waals surface area contributed by atoms with Gasteiger partial charge in [-0.05, 0) is 128 Å². The highest BCUT2D eigenvalue weighted by molar-refractivity contribution is 5.71. The van der Waals surface area contributed by atoms with Crippen molar-refractivity contribution in [3.05, 3.63) is 109 Å². The molecule has 6 heteroatoms. The van der Waals surface area contributed by atoms with Crippen molar-refractivity contribution in [1.29, 1.82) is 0 Å². The van der Waals surface area contributed by atoms with E-state index >= 15 is 0 Å². The van der Waals surface area contributed by atoms with Crippen LogP contribution in [0.2, 0.25) is 0 Å². The summed E-state index contributed by atoms with van der Waals surface area (Å²) in [5.41, 5.74) is 0. The van der Waals surface area contributed by atoms with E-state index in [4.69, 9.17) is 14.2 Å². The molecule has 0 aromatic carbocycles. The summed E-state index contributed by atoms with van der Waals surface area (Å²) in [6.45, 7) is 6.47. The summed E-state index contributed by atoms with van der Waals surface area (Å²) in [6, 6.07) is 0. The molecule has 0 radical (unpaired) electrons. The summed E-state index contributed by atoms with van der Waals surface area (Å²) in [6.07, 6.45) is 85.2. The fourth-order valence-electron chi connectivity index (χ4n) is 8.53. The molecule has 1 atom stereocenters. The predicted octanol–water partition coefficient (Wildman–Crippen LogP) is 21.4. The van der Waals surface area contributed by atoms with Crippen LogP contribution in [0.4, 0.5) is 0 Å². The van der Waals surface area contributed by atoms with Crippen LogP contribution in [0.5, 0.6) is 0 Å². The van der Waals surface area contributed by atoms with Gasteiger partial charge in [0, 0.05) is 19.3 Å². The van der Waals surface area contributed by atoms with Crippen LogP contribution < -0.4 is 0 Å². The molecule has 0 N–H and O–H groups in total. The molecule has 0 aliphatic rings. The maximum Gasteiger partial charge on any atom is 0.306 e.